The summed E-state index contributed by atoms with van der Waals surface area (Å²) >= 11 is 0.312. The molecule has 0 spiro atoms. The van der Waals surface area contributed by atoms with Gasteiger partial charge >= 0.3 is 0 Å². The first-order chi connectivity index (χ1) is 13.4. The van der Waals surface area contributed by atoms with Crippen molar-refractivity contribution >= 4 is 34.6 Å². The molecule has 0 radical (unpaired) electrons. The zero-order valence-corrected chi connectivity index (χ0v) is 16.5. The van der Waals surface area contributed by atoms with Gasteiger partial charge in [-0.15, -0.1) is 0 Å². The van der Waals surface area contributed by atoms with Crippen molar-refractivity contribution in [3.63, 3.8) is 0 Å². The molecule has 0 aliphatic heterocycles. The van der Waals surface area contributed by atoms with Crippen molar-refractivity contribution in [1.29, 1.82) is 0 Å². The van der Waals surface area contributed by atoms with E-state index < -0.39 is 11.3 Å². The van der Waals surface area contributed by atoms with Crippen molar-refractivity contribution in [2.45, 2.75) is 62.0 Å². The average Bonchev–Trinajstić information content (AvgIpc) is 2.99. The minimum Gasteiger partial charge on any atom is -0.354 e. The third-order valence-electron chi connectivity index (χ3n) is 4.97. The van der Waals surface area contributed by atoms with Gasteiger partial charge in [-0.3, -0.25) is 9.59 Å². The van der Waals surface area contributed by atoms with E-state index in [1.54, 1.807) is 24.3 Å². The van der Waals surface area contributed by atoms with Crippen LogP contribution in [0.1, 0.15) is 39.0 Å². The molecule has 152 valence electrons. The molecule has 2 N–H and O–H groups in total. The predicted molar refractivity (Wildman–Crippen MR) is 104 cm³/mol. The molecular formula is C19H24F2N4O2S. The Hall–Kier alpha value is -2.16. The number of hydrogen-bond donors (Lipinski definition) is 2. The number of likely N-dealkylation sites (N-methyl/N-ethyl adjacent to an activating group) is 1. The summed E-state index contributed by atoms with van der Waals surface area (Å²) in [5.41, 5.74) is 0.226. The highest BCUT2D eigenvalue weighted by atomic mass is 32.2. The van der Waals surface area contributed by atoms with Gasteiger partial charge in [-0.05, 0) is 43.7 Å². The minimum atomic E-state index is -2.64. The van der Waals surface area contributed by atoms with E-state index in [1.807, 2.05) is 6.92 Å². The Morgan fingerprint density at radius 1 is 1.25 bits per heavy atom. The van der Waals surface area contributed by atoms with E-state index in [1.165, 1.54) is 4.57 Å². The van der Waals surface area contributed by atoms with Crippen molar-refractivity contribution in [2.24, 2.45) is 0 Å². The van der Waals surface area contributed by atoms with Gasteiger partial charge in [0, 0.05) is 6.54 Å². The molecule has 2 amide bonds. The van der Waals surface area contributed by atoms with Crippen LogP contribution in [0.2, 0.25) is 0 Å². The van der Waals surface area contributed by atoms with E-state index in [0.29, 0.717) is 42.2 Å². The van der Waals surface area contributed by atoms with E-state index in [2.05, 4.69) is 15.6 Å². The molecule has 1 aromatic carbocycles. The van der Waals surface area contributed by atoms with Crippen LogP contribution >= 0.6 is 11.8 Å². The Kier molecular flexibility index (Phi) is 6.53. The molecule has 0 unspecified atom stereocenters. The van der Waals surface area contributed by atoms with Crippen LogP contribution in [0.5, 0.6) is 0 Å². The third-order valence-corrected chi connectivity index (χ3v) is 5.67. The first kappa shape index (κ1) is 20.6. The second-order valence-corrected chi connectivity index (χ2v) is 7.86. The Balaban J connectivity index is 1.84. The summed E-state index contributed by atoms with van der Waals surface area (Å²) in [5, 5.41) is 5.80. The SMILES string of the molecule is CCNC(=O)C1(NC(=O)Cn2c(SC(F)F)nc3ccccc32)CCCCC1. The predicted octanol–water partition coefficient (Wildman–Crippen LogP) is 3.31. The fourth-order valence-electron chi connectivity index (χ4n) is 3.72. The Bertz CT molecular complexity index is 850. The number of rotatable bonds is 7. The molecule has 1 aliphatic carbocycles. The van der Waals surface area contributed by atoms with Crippen molar-refractivity contribution in [1.82, 2.24) is 20.2 Å². The molecular weight excluding hydrogens is 386 g/mol. The monoisotopic (exact) mass is 410 g/mol. The minimum absolute atomic E-state index is 0.0852. The van der Waals surface area contributed by atoms with Crippen LogP contribution in [0.3, 0.4) is 0 Å². The fraction of sp³-hybridized carbons (Fsp3) is 0.526. The molecule has 1 heterocycles. The van der Waals surface area contributed by atoms with E-state index in [9.17, 15) is 18.4 Å². The maximum Gasteiger partial charge on any atom is 0.291 e. The maximum absolute atomic E-state index is 12.9. The lowest BCUT2D eigenvalue weighted by atomic mass is 9.80. The number of thioether (sulfide) groups is 1. The number of hydrogen-bond acceptors (Lipinski definition) is 4. The quantitative estimate of drug-likeness (QED) is 0.687. The normalized spacial score (nSPS) is 16.3. The number of carbonyl (C=O) groups excluding carboxylic acids is 2. The van der Waals surface area contributed by atoms with Crippen molar-refractivity contribution in [2.75, 3.05) is 6.54 Å². The number of aromatic nitrogens is 2. The lowest BCUT2D eigenvalue weighted by Crippen LogP contribution is -2.60. The van der Waals surface area contributed by atoms with Gasteiger partial charge in [0.25, 0.3) is 5.76 Å². The van der Waals surface area contributed by atoms with Gasteiger partial charge in [-0.25, -0.2) is 4.98 Å². The molecule has 28 heavy (non-hydrogen) atoms. The smallest absolute Gasteiger partial charge is 0.291 e. The van der Waals surface area contributed by atoms with E-state index >= 15 is 0 Å². The van der Waals surface area contributed by atoms with E-state index in [0.717, 1.165) is 19.3 Å². The van der Waals surface area contributed by atoms with Crippen LogP contribution in [0.15, 0.2) is 29.4 Å². The molecule has 1 aromatic heterocycles. The molecule has 0 saturated heterocycles. The number of amides is 2. The number of para-hydroxylation sites is 2. The zero-order chi connectivity index (χ0) is 20.1. The Labute approximate surface area is 166 Å². The number of fused-ring (bicyclic) bond motifs is 1. The number of halogens is 2. The summed E-state index contributed by atoms with van der Waals surface area (Å²) in [5.74, 6) is -3.20. The van der Waals surface area contributed by atoms with Crippen LogP contribution in [0.4, 0.5) is 8.78 Å². The molecule has 0 bridgehead atoms. The number of benzene rings is 1. The summed E-state index contributed by atoms with van der Waals surface area (Å²) in [6.07, 6.45) is 3.90. The standard InChI is InChI=1S/C19H24F2N4O2S/c1-2-22-16(27)19(10-6-3-7-11-19)24-15(26)12-25-14-9-5-4-8-13(14)23-18(25)28-17(20)21/h4-5,8-9,17H,2-3,6-7,10-12H2,1H3,(H,22,27)(H,24,26). The lowest BCUT2D eigenvalue weighted by molar-refractivity contribution is -0.135. The highest BCUT2D eigenvalue weighted by Gasteiger charge is 2.40. The number of nitrogens with one attached hydrogen (secondary N) is 2. The molecule has 6 nitrogen and oxygen atoms in total. The van der Waals surface area contributed by atoms with Gasteiger partial charge in [0.2, 0.25) is 11.8 Å². The van der Waals surface area contributed by atoms with Crippen molar-refractivity contribution < 1.29 is 18.4 Å². The average molecular weight is 410 g/mol. The number of imidazole rings is 1. The number of carbonyl (C=O) groups is 2. The summed E-state index contributed by atoms with van der Waals surface area (Å²) in [4.78, 5) is 29.7. The van der Waals surface area contributed by atoms with Gasteiger partial charge in [0.05, 0.1) is 11.0 Å². The first-order valence-corrected chi connectivity index (χ1v) is 10.3. The topological polar surface area (TPSA) is 76.0 Å². The first-order valence-electron chi connectivity index (χ1n) is 9.44. The van der Waals surface area contributed by atoms with Crippen LogP contribution in [-0.2, 0) is 16.1 Å². The molecule has 3 rings (SSSR count). The van der Waals surface area contributed by atoms with E-state index in [4.69, 9.17) is 0 Å². The van der Waals surface area contributed by atoms with Crippen molar-refractivity contribution in [3.05, 3.63) is 24.3 Å². The fourth-order valence-corrected chi connectivity index (χ4v) is 4.32. The van der Waals surface area contributed by atoms with Crippen LogP contribution < -0.4 is 10.6 Å². The highest BCUT2D eigenvalue weighted by Crippen LogP contribution is 2.30. The zero-order valence-electron chi connectivity index (χ0n) is 15.7. The Morgan fingerprint density at radius 2 is 1.96 bits per heavy atom. The summed E-state index contributed by atoms with van der Waals surface area (Å²) < 4.78 is 27.4. The number of alkyl halides is 2. The van der Waals surface area contributed by atoms with Gasteiger partial charge < -0.3 is 15.2 Å². The summed E-state index contributed by atoms with van der Waals surface area (Å²) in [6, 6.07) is 7.00. The van der Waals surface area contributed by atoms with Gasteiger partial charge in [-0.2, -0.15) is 8.78 Å². The summed E-state index contributed by atoms with van der Waals surface area (Å²) in [6.45, 7) is 2.15. The second-order valence-electron chi connectivity index (χ2n) is 6.90. The molecule has 1 aliphatic rings. The van der Waals surface area contributed by atoms with Crippen LogP contribution in [0, 0.1) is 0 Å². The molecule has 0 atom stereocenters. The Morgan fingerprint density at radius 3 is 2.64 bits per heavy atom. The lowest BCUT2D eigenvalue weighted by Gasteiger charge is -2.36. The molecule has 9 heteroatoms. The van der Waals surface area contributed by atoms with Gasteiger partial charge in [0.15, 0.2) is 5.16 Å². The molecule has 1 saturated carbocycles. The molecule has 2 aromatic rings. The van der Waals surface area contributed by atoms with E-state index in [-0.39, 0.29) is 23.5 Å². The largest absolute Gasteiger partial charge is 0.354 e. The maximum atomic E-state index is 12.9. The third kappa shape index (κ3) is 4.45. The number of nitrogens with zero attached hydrogens (tertiary/aromatic N) is 2. The van der Waals surface area contributed by atoms with Crippen LogP contribution in [-0.4, -0.2) is 39.2 Å². The van der Waals surface area contributed by atoms with Gasteiger partial charge in [0.1, 0.15) is 12.1 Å². The van der Waals surface area contributed by atoms with Crippen molar-refractivity contribution in [3.8, 4) is 0 Å². The van der Waals surface area contributed by atoms with Crippen LogP contribution in [0.25, 0.3) is 11.0 Å². The highest BCUT2D eigenvalue weighted by molar-refractivity contribution is 7.99. The van der Waals surface area contributed by atoms with Gasteiger partial charge in [-0.1, -0.05) is 31.4 Å². The second kappa shape index (κ2) is 8.89. The summed E-state index contributed by atoms with van der Waals surface area (Å²) in [7, 11) is 0. The molecule has 1 fully saturated rings.